The number of para-hydroxylation sites is 1. The molecule has 7 heteroatoms. The second-order valence-electron chi connectivity index (χ2n) is 6.35. The van der Waals surface area contributed by atoms with Crippen molar-refractivity contribution >= 4 is 22.9 Å². The van der Waals surface area contributed by atoms with Gasteiger partial charge in [-0.1, -0.05) is 24.3 Å². The summed E-state index contributed by atoms with van der Waals surface area (Å²) >= 11 is 0. The molecule has 0 unspecified atom stereocenters. The Morgan fingerprint density at radius 2 is 1.82 bits per heavy atom. The van der Waals surface area contributed by atoms with Gasteiger partial charge in [-0.25, -0.2) is 4.98 Å². The molecule has 2 aromatic heterocycles. The van der Waals surface area contributed by atoms with Crippen LogP contribution >= 0.6 is 0 Å². The number of aryl methyl sites for hydroxylation is 1. The maximum absolute atomic E-state index is 12.6. The molecule has 0 radical (unpaired) electrons. The van der Waals surface area contributed by atoms with E-state index in [2.05, 4.69) is 5.32 Å². The minimum Gasteiger partial charge on any atom is -0.321 e. The Morgan fingerprint density at radius 1 is 1.07 bits per heavy atom. The van der Waals surface area contributed by atoms with E-state index in [1.54, 1.807) is 6.07 Å². The molecule has 0 aliphatic rings. The number of hydrogen-bond acceptors (Lipinski definition) is 4. The van der Waals surface area contributed by atoms with Crippen LogP contribution in [0, 0.1) is 17.0 Å². The van der Waals surface area contributed by atoms with Crippen molar-refractivity contribution in [3.63, 3.8) is 0 Å². The highest BCUT2D eigenvalue weighted by molar-refractivity contribution is 6.06. The average molecular weight is 372 g/mol. The molecule has 0 fully saturated rings. The number of rotatable bonds is 4. The van der Waals surface area contributed by atoms with Crippen LogP contribution in [-0.2, 0) is 0 Å². The van der Waals surface area contributed by atoms with Crippen molar-refractivity contribution in [3.05, 3.63) is 94.3 Å². The number of anilines is 1. The van der Waals surface area contributed by atoms with Crippen LogP contribution in [0.5, 0.6) is 0 Å². The number of aromatic nitrogens is 2. The van der Waals surface area contributed by atoms with Crippen molar-refractivity contribution in [1.82, 2.24) is 9.38 Å². The lowest BCUT2D eigenvalue weighted by Gasteiger charge is -2.09. The van der Waals surface area contributed by atoms with Gasteiger partial charge in [0.05, 0.1) is 16.3 Å². The number of nitro benzene ring substituents is 1. The number of carbonyl (C=O) groups is 1. The SMILES string of the molecule is Cc1cccn2cc(-c3ccccc3NC(=O)c3ccc([N+](=O)[O-])cc3)nc12. The smallest absolute Gasteiger partial charge is 0.269 e. The first-order chi connectivity index (χ1) is 13.5. The minimum atomic E-state index is -0.498. The van der Waals surface area contributed by atoms with Crippen LogP contribution in [0.25, 0.3) is 16.9 Å². The summed E-state index contributed by atoms with van der Waals surface area (Å²) in [5.74, 6) is -0.345. The monoisotopic (exact) mass is 372 g/mol. The van der Waals surface area contributed by atoms with Gasteiger partial charge in [-0.2, -0.15) is 0 Å². The number of imidazole rings is 1. The van der Waals surface area contributed by atoms with E-state index < -0.39 is 4.92 Å². The van der Waals surface area contributed by atoms with E-state index in [9.17, 15) is 14.9 Å². The van der Waals surface area contributed by atoms with E-state index >= 15 is 0 Å². The highest BCUT2D eigenvalue weighted by Crippen LogP contribution is 2.28. The van der Waals surface area contributed by atoms with Gasteiger partial charge in [0.2, 0.25) is 0 Å². The summed E-state index contributed by atoms with van der Waals surface area (Å²) in [6, 6.07) is 16.8. The molecule has 0 aliphatic heterocycles. The van der Waals surface area contributed by atoms with Crippen LogP contribution in [0.1, 0.15) is 15.9 Å². The number of fused-ring (bicyclic) bond motifs is 1. The molecule has 0 spiro atoms. The molecule has 0 atom stereocenters. The molecular formula is C21H16N4O3. The number of nitro groups is 1. The van der Waals surface area contributed by atoms with Crippen molar-refractivity contribution in [2.24, 2.45) is 0 Å². The maximum atomic E-state index is 12.6. The first-order valence-electron chi connectivity index (χ1n) is 8.62. The van der Waals surface area contributed by atoms with Crippen LogP contribution in [0.4, 0.5) is 11.4 Å². The van der Waals surface area contributed by atoms with Crippen molar-refractivity contribution in [1.29, 1.82) is 0 Å². The van der Waals surface area contributed by atoms with Gasteiger partial charge in [-0.05, 0) is 36.8 Å². The maximum Gasteiger partial charge on any atom is 0.269 e. The van der Waals surface area contributed by atoms with Crippen LogP contribution in [0.2, 0.25) is 0 Å². The summed E-state index contributed by atoms with van der Waals surface area (Å²) in [5, 5.41) is 13.6. The zero-order valence-corrected chi connectivity index (χ0v) is 15.0. The normalized spacial score (nSPS) is 10.8. The Balaban J connectivity index is 1.66. The summed E-state index contributed by atoms with van der Waals surface area (Å²) in [6.45, 7) is 1.99. The Morgan fingerprint density at radius 3 is 2.54 bits per heavy atom. The second kappa shape index (κ2) is 6.96. The zero-order chi connectivity index (χ0) is 19.7. The minimum absolute atomic E-state index is 0.0583. The first-order valence-corrected chi connectivity index (χ1v) is 8.62. The Bertz CT molecular complexity index is 1200. The van der Waals surface area contributed by atoms with E-state index in [0.29, 0.717) is 11.3 Å². The molecule has 1 N–H and O–H groups in total. The lowest BCUT2D eigenvalue weighted by atomic mass is 10.1. The van der Waals surface area contributed by atoms with Gasteiger partial charge >= 0.3 is 0 Å². The standard InChI is InChI=1S/C21H16N4O3/c1-14-5-4-12-24-13-19(22-20(14)24)17-6-2-3-7-18(17)23-21(26)15-8-10-16(11-9-15)25(27)28/h2-13H,1H3,(H,23,26). The van der Waals surface area contributed by atoms with E-state index in [0.717, 1.165) is 22.5 Å². The highest BCUT2D eigenvalue weighted by atomic mass is 16.6. The lowest BCUT2D eigenvalue weighted by Crippen LogP contribution is -2.12. The highest BCUT2D eigenvalue weighted by Gasteiger charge is 2.14. The van der Waals surface area contributed by atoms with Crippen molar-refractivity contribution < 1.29 is 9.72 Å². The third kappa shape index (κ3) is 3.21. The topological polar surface area (TPSA) is 89.5 Å². The molecule has 28 heavy (non-hydrogen) atoms. The number of non-ortho nitro benzene ring substituents is 1. The molecule has 0 saturated carbocycles. The third-order valence-corrected chi connectivity index (χ3v) is 4.47. The molecule has 0 aliphatic carbocycles. The first kappa shape index (κ1) is 17.4. The lowest BCUT2D eigenvalue weighted by molar-refractivity contribution is -0.384. The fourth-order valence-corrected chi connectivity index (χ4v) is 3.03. The quantitative estimate of drug-likeness (QED) is 0.423. The molecule has 2 aromatic carbocycles. The van der Waals surface area contributed by atoms with Gasteiger partial charge in [0.25, 0.3) is 11.6 Å². The van der Waals surface area contributed by atoms with E-state index in [1.165, 1.54) is 24.3 Å². The fourth-order valence-electron chi connectivity index (χ4n) is 3.03. The number of carbonyl (C=O) groups excluding carboxylic acids is 1. The molecule has 2 heterocycles. The van der Waals surface area contributed by atoms with Crippen LogP contribution in [-0.4, -0.2) is 20.2 Å². The van der Waals surface area contributed by atoms with E-state index in [1.807, 2.05) is 54.0 Å². The van der Waals surface area contributed by atoms with Crippen LogP contribution in [0.15, 0.2) is 73.1 Å². The van der Waals surface area contributed by atoms with Gasteiger partial charge < -0.3 is 9.72 Å². The predicted molar refractivity (Wildman–Crippen MR) is 106 cm³/mol. The number of hydrogen-bond donors (Lipinski definition) is 1. The van der Waals surface area contributed by atoms with Gasteiger partial charge in [0, 0.05) is 35.7 Å². The summed E-state index contributed by atoms with van der Waals surface area (Å²) in [5.41, 5.74) is 4.35. The number of amides is 1. The molecule has 4 aromatic rings. The summed E-state index contributed by atoms with van der Waals surface area (Å²) in [4.78, 5) is 27.6. The molecule has 0 saturated heterocycles. The van der Waals surface area contributed by atoms with Crippen LogP contribution in [0.3, 0.4) is 0 Å². The average Bonchev–Trinajstić information content (AvgIpc) is 3.14. The van der Waals surface area contributed by atoms with Crippen molar-refractivity contribution in [2.75, 3.05) is 5.32 Å². The largest absolute Gasteiger partial charge is 0.321 e. The van der Waals surface area contributed by atoms with Crippen LogP contribution < -0.4 is 5.32 Å². The molecule has 138 valence electrons. The second-order valence-corrected chi connectivity index (χ2v) is 6.35. The number of benzene rings is 2. The van der Waals surface area contributed by atoms with Gasteiger partial charge in [-0.15, -0.1) is 0 Å². The number of pyridine rings is 1. The summed E-state index contributed by atoms with van der Waals surface area (Å²) in [6.07, 6.45) is 3.84. The summed E-state index contributed by atoms with van der Waals surface area (Å²) in [7, 11) is 0. The van der Waals surface area contributed by atoms with Gasteiger partial charge in [0.1, 0.15) is 5.65 Å². The number of nitrogens with zero attached hydrogens (tertiary/aromatic N) is 3. The molecule has 4 rings (SSSR count). The third-order valence-electron chi connectivity index (χ3n) is 4.47. The van der Waals surface area contributed by atoms with E-state index in [4.69, 9.17) is 4.98 Å². The Kier molecular flexibility index (Phi) is 4.33. The molecule has 7 nitrogen and oxygen atoms in total. The van der Waals surface area contributed by atoms with Crippen molar-refractivity contribution in [2.45, 2.75) is 6.92 Å². The molecular weight excluding hydrogens is 356 g/mol. The van der Waals surface area contributed by atoms with Crippen molar-refractivity contribution in [3.8, 4) is 11.3 Å². The molecule has 0 bridgehead atoms. The fraction of sp³-hybridized carbons (Fsp3) is 0.0476. The Labute approximate surface area is 160 Å². The Hall–Kier alpha value is -4.00. The number of nitrogens with one attached hydrogen (secondary N) is 1. The summed E-state index contributed by atoms with van der Waals surface area (Å²) < 4.78 is 1.94. The van der Waals surface area contributed by atoms with Gasteiger partial charge in [-0.3, -0.25) is 14.9 Å². The predicted octanol–water partition coefficient (Wildman–Crippen LogP) is 4.47. The van der Waals surface area contributed by atoms with Gasteiger partial charge in [0.15, 0.2) is 0 Å². The van der Waals surface area contributed by atoms with E-state index in [-0.39, 0.29) is 11.6 Å². The zero-order valence-electron chi connectivity index (χ0n) is 15.0. The molecule has 1 amide bonds.